The molecule has 3 heteroatoms. The molecule has 1 heterocycles. The molecule has 4 rings (SSSR count). The minimum Gasteiger partial charge on any atom is -0.507 e. The van der Waals surface area contributed by atoms with Crippen LogP contribution in [0.15, 0.2) is 59.6 Å². The third-order valence-corrected chi connectivity index (χ3v) is 3.81. The second-order valence-electron chi connectivity index (χ2n) is 5.03. The fourth-order valence-corrected chi connectivity index (χ4v) is 2.84. The molecule has 3 aromatic carbocycles. The van der Waals surface area contributed by atoms with Crippen LogP contribution in [0.1, 0.15) is 11.1 Å². The van der Waals surface area contributed by atoms with Gasteiger partial charge in [-0.2, -0.15) is 0 Å². The summed E-state index contributed by atoms with van der Waals surface area (Å²) in [5, 5.41) is 12.4. The Balaban J connectivity index is 2.00. The molecule has 102 valence electrons. The van der Waals surface area contributed by atoms with Gasteiger partial charge in [0.1, 0.15) is 11.5 Å². The Bertz CT molecular complexity index is 897. The van der Waals surface area contributed by atoms with Gasteiger partial charge < -0.3 is 9.84 Å². The van der Waals surface area contributed by atoms with Crippen molar-refractivity contribution in [3.63, 3.8) is 0 Å². The fraction of sp³-hybridized carbons (Fsp3) is 0.0556. The van der Waals surface area contributed by atoms with E-state index in [1.165, 1.54) is 0 Å². The molecule has 0 bridgehead atoms. The van der Waals surface area contributed by atoms with Crippen molar-refractivity contribution in [2.75, 3.05) is 7.11 Å². The lowest BCUT2D eigenvalue weighted by Crippen LogP contribution is -2.01. The summed E-state index contributed by atoms with van der Waals surface area (Å²) in [5.41, 5.74) is 3.43. The van der Waals surface area contributed by atoms with Gasteiger partial charge >= 0.3 is 0 Å². The maximum atomic E-state index is 10.3. The zero-order valence-electron chi connectivity index (χ0n) is 11.5. The zero-order valence-corrected chi connectivity index (χ0v) is 11.5. The van der Waals surface area contributed by atoms with Crippen molar-refractivity contribution in [3.8, 4) is 11.5 Å². The van der Waals surface area contributed by atoms with E-state index in [9.17, 15) is 5.11 Å². The molecule has 1 N–H and O–H groups in total. The Hall–Kier alpha value is -2.81. The summed E-state index contributed by atoms with van der Waals surface area (Å²) in [6.07, 6.45) is 0. The first-order valence-corrected chi connectivity index (χ1v) is 6.76. The van der Waals surface area contributed by atoms with Gasteiger partial charge in [0.2, 0.25) is 0 Å². The third-order valence-electron chi connectivity index (χ3n) is 3.81. The van der Waals surface area contributed by atoms with E-state index in [-0.39, 0.29) is 5.75 Å². The SMILES string of the molecule is COc1cccc(C2=Nc3cccc4ccc(O)c2c34)c1. The van der Waals surface area contributed by atoms with Crippen LogP contribution in [-0.2, 0) is 0 Å². The number of aromatic hydroxyl groups is 1. The van der Waals surface area contributed by atoms with Gasteiger partial charge in [-0.05, 0) is 29.7 Å². The highest BCUT2D eigenvalue weighted by Gasteiger charge is 2.23. The molecule has 21 heavy (non-hydrogen) atoms. The Morgan fingerprint density at radius 3 is 2.71 bits per heavy atom. The van der Waals surface area contributed by atoms with E-state index in [1.807, 2.05) is 48.5 Å². The molecule has 0 spiro atoms. The first kappa shape index (κ1) is 12.0. The molecular weight excluding hydrogens is 262 g/mol. The minimum absolute atomic E-state index is 0.258. The molecule has 1 aliphatic rings. The maximum absolute atomic E-state index is 10.3. The first-order valence-electron chi connectivity index (χ1n) is 6.76. The van der Waals surface area contributed by atoms with Crippen LogP contribution in [0.4, 0.5) is 5.69 Å². The molecule has 0 amide bonds. The molecule has 3 aromatic rings. The number of phenols is 1. The molecule has 0 atom stereocenters. The Kier molecular flexibility index (Phi) is 2.48. The molecule has 0 aliphatic carbocycles. The molecule has 0 saturated carbocycles. The lowest BCUT2D eigenvalue weighted by molar-refractivity contribution is 0.414. The molecular formula is C18H13NO2. The number of hydrogen-bond donors (Lipinski definition) is 1. The lowest BCUT2D eigenvalue weighted by Gasteiger charge is -2.08. The van der Waals surface area contributed by atoms with Crippen molar-refractivity contribution in [2.45, 2.75) is 0 Å². The Morgan fingerprint density at radius 1 is 1.00 bits per heavy atom. The molecule has 0 fully saturated rings. The summed E-state index contributed by atoms with van der Waals surface area (Å²) >= 11 is 0. The summed E-state index contributed by atoms with van der Waals surface area (Å²) in [7, 11) is 1.64. The Labute approximate surface area is 122 Å². The molecule has 0 radical (unpaired) electrons. The van der Waals surface area contributed by atoms with Crippen molar-refractivity contribution < 1.29 is 9.84 Å². The number of benzene rings is 3. The second-order valence-corrected chi connectivity index (χ2v) is 5.03. The van der Waals surface area contributed by atoms with Crippen LogP contribution in [0.2, 0.25) is 0 Å². The van der Waals surface area contributed by atoms with Gasteiger partial charge in [0.15, 0.2) is 0 Å². The normalized spacial score (nSPS) is 12.5. The van der Waals surface area contributed by atoms with Crippen LogP contribution in [0.25, 0.3) is 10.8 Å². The van der Waals surface area contributed by atoms with Gasteiger partial charge in [0, 0.05) is 10.9 Å². The van der Waals surface area contributed by atoms with Crippen LogP contribution in [0.5, 0.6) is 11.5 Å². The average molecular weight is 275 g/mol. The number of hydrogen-bond acceptors (Lipinski definition) is 3. The van der Waals surface area contributed by atoms with E-state index < -0.39 is 0 Å². The highest BCUT2D eigenvalue weighted by molar-refractivity contribution is 6.27. The van der Waals surface area contributed by atoms with E-state index in [0.29, 0.717) is 0 Å². The number of rotatable bonds is 2. The third kappa shape index (κ3) is 1.71. The van der Waals surface area contributed by atoms with Crippen LogP contribution in [-0.4, -0.2) is 17.9 Å². The number of phenolic OH excluding ortho intramolecular Hbond substituents is 1. The van der Waals surface area contributed by atoms with Crippen LogP contribution in [0, 0.1) is 0 Å². The van der Waals surface area contributed by atoms with Crippen LogP contribution in [0.3, 0.4) is 0 Å². The molecule has 3 nitrogen and oxygen atoms in total. The highest BCUT2D eigenvalue weighted by atomic mass is 16.5. The van der Waals surface area contributed by atoms with E-state index in [0.717, 1.165) is 39.0 Å². The van der Waals surface area contributed by atoms with Crippen molar-refractivity contribution in [1.29, 1.82) is 0 Å². The number of ether oxygens (including phenoxy) is 1. The first-order chi connectivity index (χ1) is 10.3. The van der Waals surface area contributed by atoms with Crippen molar-refractivity contribution >= 4 is 22.2 Å². The average Bonchev–Trinajstić information content (AvgIpc) is 2.93. The van der Waals surface area contributed by atoms with Crippen molar-refractivity contribution in [2.24, 2.45) is 4.99 Å². The predicted octanol–water partition coefficient (Wildman–Crippen LogP) is 4.04. The Morgan fingerprint density at radius 2 is 1.86 bits per heavy atom. The molecule has 0 aromatic heterocycles. The van der Waals surface area contributed by atoms with Gasteiger partial charge in [0.25, 0.3) is 0 Å². The van der Waals surface area contributed by atoms with Crippen molar-refractivity contribution in [3.05, 3.63) is 65.7 Å². The summed E-state index contributed by atoms with van der Waals surface area (Å²) in [5.74, 6) is 1.03. The zero-order chi connectivity index (χ0) is 14.4. The van der Waals surface area contributed by atoms with Gasteiger partial charge in [-0.3, -0.25) is 0 Å². The standard InChI is InChI=1S/C18H13NO2/c1-21-13-6-2-5-12(10-13)18-17-15(20)9-8-11-4-3-7-14(19-18)16(11)17/h2-10,20H,1H3. The quantitative estimate of drug-likeness (QED) is 0.600. The van der Waals surface area contributed by atoms with E-state index in [2.05, 4.69) is 0 Å². The minimum atomic E-state index is 0.258. The van der Waals surface area contributed by atoms with E-state index >= 15 is 0 Å². The van der Waals surface area contributed by atoms with Crippen LogP contribution >= 0.6 is 0 Å². The van der Waals surface area contributed by atoms with Gasteiger partial charge in [-0.1, -0.05) is 30.3 Å². The van der Waals surface area contributed by atoms with E-state index in [1.54, 1.807) is 13.2 Å². The van der Waals surface area contributed by atoms with E-state index in [4.69, 9.17) is 9.73 Å². The van der Waals surface area contributed by atoms with Gasteiger partial charge in [-0.15, -0.1) is 0 Å². The lowest BCUT2D eigenvalue weighted by atomic mass is 9.97. The van der Waals surface area contributed by atoms with Crippen molar-refractivity contribution in [1.82, 2.24) is 0 Å². The number of methoxy groups -OCH3 is 1. The monoisotopic (exact) mass is 275 g/mol. The fourth-order valence-electron chi connectivity index (χ4n) is 2.84. The maximum Gasteiger partial charge on any atom is 0.125 e. The summed E-state index contributed by atoms with van der Waals surface area (Å²) < 4.78 is 5.28. The summed E-state index contributed by atoms with van der Waals surface area (Å²) in [6, 6.07) is 17.4. The molecule has 1 aliphatic heterocycles. The summed E-state index contributed by atoms with van der Waals surface area (Å²) in [6.45, 7) is 0. The topological polar surface area (TPSA) is 41.8 Å². The number of nitrogens with zero attached hydrogens (tertiary/aromatic N) is 1. The molecule has 0 unspecified atom stereocenters. The van der Waals surface area contributed by atoms with Crippen LogP contribution < -0.4 is 4.74 Å². The summed E-state index contributed by atoms with van der Waals surface area (Å²) in [4.78, 5) is 4.70. The largest absolute Gasteiger partial charge is 0.507 e. The highest BCUT2D eigenvalue weighted by Crippen LogP contribution is 2.41. The predicted molar refractivity (Wildman–Crippen MR) is 83.9 cm³/mol. The van der Waals surface area contributed by atoms with Gasteiger partial charge in [-0.25, -0.2) is 4.99 Å². The smallest absolute Gasteiger partial charge is 0.125 e. The number of aliphatic imine (C=N–C) groups is 1. The second kappa shape index (κ2) is 4.35. The molecule has 0 saturated heterocycles. The van der Waals surface area contributed by atoms with Gasteiger partial charge in [0.05, 0.1) is 24.1 Å².